The largest absolute Gasteiger partial charge is 0.534 e. The highest BCUT2D eigenvalue weighted by Gasteiger charge is 2.48. The molecule has 9 heteroatoms. The van der Waals surface area contributed by atoms with Crippen molar-refractivity contribution in [2.24, 2.45) is 0 Å². The Hall–Kier alpha value is -1.64. The van der Waals surface area contributed by atoms with Gasteiger partial charge in [0.2, 0.25) is 0 Å². The van der Waals surface area contributed by atoms with Crippen LogP contribution in [-0.2, 0) is 10.1 Å². The molecule has 0 N–H and O–H groups in total. The van der Waals surface area contributed by atoms with E-state index in [4.69, 9.17) is 9.47 Å². The van der Waals surface area contributed by atoms with Gasteiger partial charge in [-0.25, -0.2) is 0 Å². The van der Waals surface area contributed by atoms with Crippen LogP contribution in [0.25, 0.3) is 0 Å². The molecular formula is C15H21F3O5S. The highest BCUT2D eigenvalue weighted by molar-refractivity contribution is 7.88. The molecule has 0 aromatic heterocycles. The predicted molar refractivity (Wildman–Crippen MR) is 82.8 cm³/mol. The van der Waals surface area contributed by atoms with E-state index >= 15 is 0 Å². The van der Waals surface area contributed by atoms with E-state index in [0.29, 0.717) is 0 Å². The van der Waals surface area contributed by atoms with Gasteiger partial charge in [0.05, 0.1) is 0 Å². The van der Waals surface area contributed by atoms with Crippen molar-refractivity contribution in [1.82, 2.24) is 0 Å². The second-order valence-electron chi connectivity index (χ2n) is 7.02. The smallest absolute Gasteiger partial charge is 0.484 e. The average Bonchev–Trinajstić information content (AvgIpc) is 2.27. The van der Waals surface area contributed by atoms with Crippen molar-refractivity contribution in [3.8, 4) is 17.2 Å². The van der Waals surface area contributed by atoms with Gasteiger partial charge in [-0.2, -0.15) is 21.6 Å². The molecule has 0 spiro atoms. The van der Waals surface area contributed by atoms with Gasteiger partial charge >= 0.3 is 15.6 Å². The van der Waals surface area contributed by atoms with Crippen molar-refractivity contribution in [3.63, 3.8) is 0 Å². The summed E-state index contributed by atoms with van der Waals surface area (Å²) < 4.78 is 74.9. The van der Waals surface area contributed by atoms with Crippen LogP contribution in [-0.4, -0.2) is 25.1 Å². The molecule has 0 fully saturated rings. The number of halogens is 3. The van der Waals surface area contributed by atoms with Crippen LogP contribution < -0.4 is 13.7 Å². The van der Waals surface area contributed by atoms with Crippen LogP contribution in [0.2, 0.25) is 0 Å². The van der Waals surface area contributed by atoms with E-state index in [2.05, 4.69) is 4.18 Å². The minimum Gasteiger partial charge on any atom is -0.484 e. The van der Waals surface area contributed by atoms with Crippen LogP contribution in [0.3, 0.4) is 0 Å². The number of hydrogen-bond donors (Lipinski definition) is 0. The summed E-state index contributed by atoms with van der Waals surface area (Å²) in [6.07, 6.45) is 0. The van der Waals surface area contributed by atoms with Crippen LogP contribution in [0.4, 0.5) is 13.2 Å². The third kappa shape index (κ3) is 6.10. The van der Waals surface area contributed by atoms with Crippen molar-refractivity contribution in [2.75, 3.05) is 0 Å². The lowest BCUT2D eigenvalue weighted by Crippen LogP contribution is -2.28. The first-order valence-electron chi connectivity index (χ1n) is 7.03. The zero-order chi connectivity index (χ0) is 19.0. The van der Waals surface area contributed by atoms with Gasteiger partial charge in [-0.1, -0.05) is 0 Å². The Morgan fingerprint density at radius 2 is 1.29 bits per heavy atom. The normalized spacial score (nSPS) is 13.5. The second kappa shape index (κ2) is 6.34. The molecule has 0 unspecified atom stereocenters. The van der Waals surface area contributed by atoms with Gasteiger partial charge in [0.15, 0.2) is 11.5 Å². The molecule has 5 nitrogen and oxygen atoms in total. The first-order valence-corrected chi connectivity index (χ1v) is 8.44. The lowest BCUT2D eigenvalue weighted by molar-refractivity contribution is -0.0500. The van der Waals surface area contributed by atoms with E-state index < -0.39 is 32.6 Å². The van der Waals surface area contributed by atoms with Crippen molar-refractivity contribution in [2.45, 2.75) is 58.3 Å². The fourth-order valence-corrected chi connectivity index (χ4v) is 1.99. The summed E-state index contributed by atoms with van der Waals surface area (Å²) in [7, 11) is -5.76. The molecule has 0 aliphatic heterocycles. The van der Waals surface area contributed by atoms with Crippen molar-refractivity contribution >= 4 is 10.1 Å². The predicted octanol–water partition coefficient (Wildman–Crippen LogP) is 4.27. The maximum atomic E-state index is 12.4. The van der Waals surface area contributed by atoms with Crippen LogP contribution in [0, 0.1) is 0 Å². The molecule has 0 heterocycles. The summed E-state index contributed by atoms with van der Waals surface area (Å²) in [5.41, 5.74) is -6.79. The lowest BCUT2D eigenvalue weighted by atomic mass is 10.1. The topological polar surface area (TPSA) is 61.8 Å². The minimum absolute atomic E-state index is 0.0762. The molecule has 1 rings (SSSR count). The van der Waals surface area contributed by atoms with E-state index in [-0.39, 0.29) is 11.5 Å². The zero-order valence-corrected chi connectivity index (χ0v) is 15.1. The third-order valence-corrected chi connectivity index (χ3v) is 3.22. The Balaban J connectivity index is 3.26. The Kier molecular flexibility index (Phi) is 5.39. The van der Waals surface area contributed by atoms with Gasteiger partial charge in [0, 0.05) is 6.07 Å². The third-order valence-electron chi connectivity index (χ3n) is 2.24. The van der Waals surface area contributed by atoms with E-state index in [1.165, 1.54) is 6.07 Å². The quantitative estimate of drug-likeness (QED) is 0.585. The van der Waals surface area contributed by atoms with E-state index in [0.717, 1.165) is 12.1 Å². The highest BCUT2D eigenvalue weighted by atomic mass is 32.2. The lowest BCUT2D eigenvalue weighted by Gasteiger charge is -2.27. The summed E-state index contributed by atoms with van der Waals surface area (Å²) in [5, 5.41) is 0. The Morgan fingerprint density at radius 3 is 1.71 bits per heavy atom. The van der Waals surface area contributed by atoms with E-state index in [9.17, 15) is 21.6 Å². The molecule has 0 saturated heterocycles. The van der Waals surface area contributed by atoms with Gasteiger partial charge in [0.1, 0.15) is 17.0 Å². The fraction of sp³-hybridized carbons (Fsp3) is 0.600. The minimum atomic E-state index is -5.76. The molecule has 24 heavy (non-hydrogen) atoms. The Labute approximate surface area is 139 Å². The molecule has 0 aliphatic carbocycles. The van der Waals surface area contributed by atoms with Crippen molar-refractivity contribution in [1.29, 1.82) is 0 Å². The summed E-state index contributed by atoms with van der Waals surface area (Å²) in [4.78, 5) is 0. The summed E-state index contributed by atoms with van der Waals surface area (Å²) in [6.45, 7) is 10.5. The van der Waals surface area contributed by atoms with Crippen LogP contribution in [0.15, 0.2) is 18.2 Å². The molecule has 138 valence electrons. The highest BCUT2D eigenvalue weighted by Crippen LogP contribution is 2.37. The summed E-state index contributed by atoms with van der Waals surface area (Å²) >= 11 is 0. The zero-order valence-electron chi connectivity index (χ0n) is 14.3. The van der Waals surface area contributed by atoms with Gasteiger partial charge in [-0.15, -0.1) is 0 Å². The number of benzene rings is 1. The number of hydrogen-bond acceptors (Lipinski definition) is 5. The van der Waals surface area contributed by atoms with Crippen LogP contribution in [0.1, 0.15) is 41.5 Å². The number of ether oxygens (including phenoxy) is 2. The number of alkyl halides is 3. The summed E-state index contributed by atoms with van der Waals surface area (Å²) in [6, 6.07) is 3.42. The molecule has 1 aromatic carbocycles. The molecule has 0 aliphatic rings. The SMILES string of the molecule is CC(C)(C)Oc1ccc(OS(=O)(=O)C(F)(F)F)cc1OC(C)(C)C. The molecule has 1 aromatic rings. The second-order valence-corrected chi connectivity index (χ2v) is 8.56. The van der Waals surface area contributed by atoms with Gasteiger partial charge in [-0.3, -0.25) is 0 Å². The van der Waals surface area contributed by atoms with Crippen LogP contribution >= 0.6 is 0 Å². The monoisotopic (exact) mass is 370 g/mol. The van der Waals surface area contributed by atoms with Crippen LogP contribution in [0.5, 0.6) is 17.2 Å². The first kappa shape index (κ1) is 20.4. The average molecular weight is 370 g/mol. The van der Waals surface area contributed by atoms with Gasteiger partial charge in [-0.05, 0) is 53.7 Å². The summed E-state index contributed by atoms with van der Waals surface area (Å²) in [5.74, 6) is -0.186. The van der Waals surface area contributed by atoms with Gasteiger partial charge in [0.25, 0.3) is 0 Å². The first-order chi connectivity index (χ1) is 10.5. The molecule has 0 atom stereocenters. The van der Waals surface area contributed by atoms with E-state index in [1.807, 2.05) is 0 Å². The number of rotatable bonds is 4. The fourth-order valence-electron chi connectivity index (χ4n) is 1.54. The maximum absolute atomic E-state index is 12.4. The van der Waals surface area contributed by atoms with Gasteiger partial charge < -0.3 is 13.7 Å². The molecule has 0 amide bonds. The standard InChI is InChI=1S/C15H21F3O5S/c1-13(2,3)21-11-8-7-10(9-12(11)22-14(4,5)6)23-24(19,20)15(16,17)18/h7-9H,1-6H3. The molecular weight excluding hydrogens is 349 g/mol. The Morgan fingerprint density at radius 1 is 0.833 bits per heavy atom. The van der Waals surface area contributed by atoms with Crippen molar-refractivity contribution < 1.29 is 35.2 Å². The Bertz CT molecular complexity index is 683. The maximum Gasteiger partial charge on any atom is 0.534 e. The van der Waals surface area contributed by atoms with E-state index in [1.54, 1.807) is 41.5 Å². The molecule has 0 saturated carbocycles. The molecule has 0 radical (unpaired) electrons. The van der Waals surface area contributed by atoms with Crippen molar-refractivity contribution in [3.05, 3.63) is 18.2 Å². The molecule has 0 bridgehead atoms.